The molecule has 11 nitrogen and oxygen atoms in total. The van der Waals surface area contributed by atoms with Gasteiger partial charge in [0.2, 0.25) is 0 Å². The van der Waals surface area contributed by atoms with Crippen LogP contribution < -0.4 is 29.1 Å². The molecule has 0 N–H and O–H groups in total. The van der Waals surface area contributed by atoms with Gasteiger partial charge in [0.15, 0.2) is 16.3 Å². The number of thiazole rings is 1. The number of para-hydroxylation sites is 1. The van der Waals surface area contributed by atoms with Crippen LogP contribution in [-0.4, -0.2) is 34.8 Å². The Hall–Kier alpha value is -5.23. The number of nitro benzene ring substituents is 1. The Bertz CT molecular complexity index is 2010. The Balaban J connectivity index is 1.55. The zero-order valence-corrected chi connectivity index (χ0v) is 27.5. The van der Waals surface area contributed by atoms with Gasteiger partial charge < -0.3 is 18.9 Å². The van der Waals surface area contributed by atoms with E-state index < -0.39 is 16.9 Å². The van der Waals surface area contributed by atoms with Crippen molar-refractivity contribution in [2.75, 3.05) is 13.2 Å². The molecule has 0 radical (unpaired) electrons. The van der Waals surface area contributed by atoms with E-state index in [1.807, 2.05) is 51.1 Å². The molecule has 2 heterocycles. The molecule has 1 aliphatic heterocycles. The van der Waals surface area contributed by atoms with Crippen LogP contribution in [0.1, 0.15) is 57.4 Å². The van der Waals surface area contributed by atoms with Crippen molar-refractivity contribution in [3.05, 3.63) is 124 Å². The summed E-state index contributed by atoms with van der Waals surface area (Å²) in [6.07, 6.45) is 1.62. The van der Waals surface area contributed by atoms with Gasteiger partial charge in [-0.2, -0.15) is 0 Å². The number of ether oxygens (including phenoxy) is 4. The first-order valence-electron chi connectivity index (χ1n) is 15.2. The van der Waals surface area contributed by atoms with Crippen LogP contribution in [-0.2, 0) is 16.1 Å². The molecule has 12 heteroatoms. The van der Waals surface area contributed by atoms with E-state index in [1.54, 1.807) is 44.2 Å². The smallest absolute Gasteiger partial charge is 0.338 e. The largest absolute Gasteiger partial charge is 0.491 e. The van der Waals surface area contributed by atoms with Crippen LogP contribution in [0, 0.1) is 10.1 Å². The highest BCUT2D eigenvalue weighted by molar-refractivity contribution is 7.07. The van der Waals surface area contributed by atoms with Crippen molar-refractivity contribution in [2.24, 2.45) is 4.99 Å². The summed E-state index contributed by atoms with van der Waals surface area (Å²) in [5.74, 6) is 0.983. The number of hydrogen-bond acceptors (Lipinski definition) is 10. The minimum atomic E-state index is -0.809. The van der Waals surface area contributed by atoms with Crippen LogP contribution in [0.15, 0.2) is 87.8 Å². The summed E-state index contributed by atoms with van der Waals surface area (Å²) in [6.45, 7) is 9.90. The molecule has 0 bridgehead atoms. The highest BCUT2D eigenvalue weighted by atomic mass is 32.1. The van der Waals surface area contributed by atoms with E-state index in [4.69, 9.17) is 18.9 Å². The predicted octanol–water partition coefficient (Wildman–Crippen LogP) is 5.47. The van der Waals surface area contributed by atoms with Gasteiger partial charge in [-0.05, 0) is 82.2 Å². The standard InChI is InChI=1S/C35H35N3O8S/c1-6-43-29-18-24(14-17-28(29)45-20-23-12-15-25(16-13-23)38(41)42)19-30-33(39)37-32(26-10-8-9-11-27(26)46-21(3)4)31(34(40)44-7-2)22(5)36-35(37)47-30/h8-19,21,32H,6-7,20H2,1-5H3/b30-19+/t32-/m1/s1. The summed E-state index contributed by atoms with van der Waals surface area (Å²) < 4.78 is 25.3. The number of carbonyl (C=O) groups excluding carboxylic acids is 1. The molecular formula is C35H35N3O8S. The van der Waals surface area contributed by atoms with Crippen LogP contribution in [0.2, 0.25) is 0 Å². The molecule has 0 fully saturated rings. The molecule has 0 saturated heterocycles. The molecule has 1 aromatic heterocycles. The molecule has 1 aliphatic rings. The van der Waals surface area contributed by atoms with Crippen LogP contribution in [0.4, 0.5) is 5.69 Å². The quantitative estimate of drug-likeness (QED) is 0.111. The van der Waals surface area contributed by atoms with Crippen LogP contribution in [0.5, 0.6) is 17.2 Å². The third-order valence-electron chi connectivity index (χ3n) is 7.20. The van der Waals surface area contributed by atoms with Gasteiger partial charge in [-0.3, -0.25) is 19.5 Å². The lowest BCUT2D eigenvalue weighted by Crippen LogP contribution is -2.40. The second kappa shape index (κ2) is 14.5. The Kier molecular flexibility index (Phi) is 10.2. The molecule has 0 spiro atoms. The van der Waals surface area contributed by atoms with Crippen molar-refractivity contribution in [3.63, 3.8) is 0 Å². The third kappa shape index (κ3) is 7.28. The van der Waals surface area contributed by atoms with Crippen molar-refractivity contribution >= 4 is 29.1 Å². The molecule has 1 atom stereocenters. The monoisotopic (exact) mass is 657 g/mol. The second-order valence-corrected chi connectivity index (χ2v) is 11.9. The molecular weight excluding hydrogens is 622 g/mol. The maximum atomic E-state index is 14.1. The second-order valence-electron chi connectivity index (χ2n) is 10.9. The van der Waals surface area contributed by atoms with Gasteiger partial charge in [0, 0.05) is 17.7 Å². The lowest BCUT2D eigenvalue weighted by Gasteiger charge is -2.26. The molecule has 4 aromatic rings. The molecule has 3 aromatic carbocycles. The van der Waals surface area contributed by atoms with Gasteiger partial charge in [-0.15, -0.1) is 0 Å². The lowest BCUT2D eigenvalue weighted by molar-refractivity contribution is -0.384. The average Bonchev–Trinajstić information content (AvgIpc) is 3.34. The summed E-state index contributed by atoms with van der Waals surface area (Å²) >= 11 is 1.22. The SMILES string of the molecule is CCOC(=O)C1=C(C)N=c2s/c(=C/c3ccc(OCc4ccc([N+](=O)[O-])cc4)c(OCC)c3)c(=O)n2[C@@H]1c1ccccc1OC(C)C. The van der Waals surface area contributed by atoms with E-state index in [9.17, 15) is 19.7 Å². The fourth-order valence-electron chi connectivity index (χ4n) is 5.18. The lowest BCUT2D eigenvalue weighted by atomic mass is 9.95. The van der Waals surface area contributed by atoms with E-state index >= 15 is 0 Å². The van der Waals surface area contributed by atoms with Crippen molar-refractivity contribution in [1.29, 1.82) is 0 Å². The molecule has 244 valence electrons. The molecule has 0 saturated carbocycles. The number of aromatic nitrogens is 1. The normalized spacial score (nSPS) is 14.4. The van der Waals surface area contributed by atoms with E-state index in [1.165, 1.54) is 28.0 Å². The Morgan fingerprint density at radius 2 is 1.77 bits per heavy atom. The molecule has 0 amide bonds. The minimum Gasteiger partial charge on any atom is -0.491 e. The molecule has 5 rings (SSSR count). The summed E-state index contributed by atoms with van der Waals surface area (Å²) in [5.41, 5.74) is 2.54. The Morgan fingerprint density at radius 1 is 1.02 bits per heavy atom. The Labute approximate surface area is 275 Å². The van der Waals surface area contributed by atoms with Gasteiger partial charge in [-0.25, -0.2) is 9.79 Å². The Morgan fingerprint density at radius 3 is 2.45 bits per heavy atom. The van der Waals surface area contributed by atoms with Crippen LogP contribution in [0.25, 0.3) is 6.08 Å². The van der Waals surface area contributed by atoms with Crippen molar-refractivity contribution in [3.8, 4) is 17.2 Å². The van der Waals surface area contributed by atoms with Gasteiger partial charge in [-0.1, -0.05) is 35.6 Å². The van der Waals surface area contributed by atoms with Crippen molar-refractivity contribution in [1.82, 2.24) is 4.57 Å². The highest BCUT2D eigenvalue weighted by Crippen LogP contribution is 2.36. The van der Waals surface area contributed by atoms with Gasteiger partial charge in [0.1, 0.15) is 18.4 Å². The molecule has 47 heavy (non-hydrogen) atoms. The number of allylic oxidation sites excluding steroid dienone is 1. The number of hydrogen-bond donors (Lipinski definition) is 0. The fourth-order valence-corrected chi connectivity index (χ4v) is 6.23. The number of rotatable bonds is 12. The van der Waals surface area contributed by atoms with Gasteiger partial charge in [0.25, 0.3) is 11.2 Å². The van der Waals surface area contributed by atoms with Crippen LogP contribution in [0.3, 0.4) is 0 Å². The van der Waals surface area contributed by atoms with Crippen LogP contribution >= 0.6 is 11.3 Å². The number of carbonyl (C=O) groups is 1. The summed E-state index contributed by atoms with van der Waals surface area (Å²) in [5, 5.41) is 11.0. The molecule has 0 unspecified atom stereocenters. The maximum Gasteiger partial charge on any atom is 0.338 e. The first kappa shape index (κ1) is 33.1. The average molecular weight is 658 g/mol. The molecule has 0 aliphatic carbocycles. The number of benzene rings is 3. The van der Waals surface area contributed by atoms with E-state index in [0.717, 1.165) is 5.56 Å². The third-order valence-corrected chi connectivity index (χ3v) is 8.18. The summed E-state index contributed by atoms with van der Waals surface area (Å²) in [6, 6.07) is 18.0. The van der Waals surface area contributed by atoms with E-state index in [2.05, 4.69) is 4.99 Å². The predicted molar refractivity (Wildman–Crippen MR) is 178 cm³/mol. The van der Waals surface area contributed by atoms with Gasteiger partial charge in [0.05, 0.1) is 40.0 Å². The topological polar surface area (TPSA) is 131 Å². The zero-order valence-electron chi connectivity index (χ0n) is 26.7. The number of fused-ring (bicyclic) bond motifs is 1. The van der Waals surface area contributed by atoms with E-state index in [0.29, 0.717) is 50.0 Å². The number of esters is 1. The van der Waals surface area contributed by atoms with Crippen molar-refractivity contribution < 1.29 is 28.7 Å². The number of nitrogens with zero attached hydrogens (tertiary/aromatic N) is 3. The van der Waals surface area contributed by atoms with Gasteiger partial charge >= 0.3 is 5.97 Å². The first-order chi connectivity index (χ1) is 22.6. The summed E-state index contributed by atoms with van der Waals surface area (Å²) in [7, 11) is 0. The highest BCUT2D eigenvalue weighted by Gasteiger charge is 2.35. The van der Waals surface area contributed by atoms with E-state index in [-0.39, 0.29) is 36.1 Å². The number of non-ortho nitro benzene ring substituents is 1. The number of nitro groups is 1. The fraction of sp³-hybridized carbons (Fsp3) is 0.286. The zero-order chi connectivity index (χ0) is 33.7. The first-order valence-corrected chi connectivity index (χ1v) is 16.0. The minimum absolute atomic E-state index is 0.00471. The van der Waals surface area contributed by atoms with Crippen molar-refractivity contribution in [2.45, 2.75) is 53.4 Å². The maximum absolute atomic E-state index is 14.1. The summed E-state index contributed by atoms with van der Waals surface area (Å²) in [4.78, 5) is 43.1.